The van der Waals surface area contributed by atoms with Crippen LogP contribution in [-0.4, -0.2) is 7.11 Å². The second-order valence-corrected chi connectivity index (χ2v) is 4.90. The van der Waals surface area contributed by atoms with E-state index in [0.29, 0.717) is 6.42 Å². The number of benzene rings is 2. The average Bonchev–Trinajstić information content (AvgIpc) is 2.89. The van der Waals surface area contributed by atoms with Crippen LogP contribution in [-0.2, 0) is 6.42 Å². The predicted octanol–water partition coefficient (Wildman–Crippen LogP) is 3.85. The van der Waals surface area contributed by atoms with Gasteiger partial charge in [-0.2, -0.15) is 0 Å². The number of rotatable bonds is 2. The van der Waals surface area contributed by atoms with E-state index in [9.17, 15) is 4.39 Å². The van der Waals surface area contributed by atoms with Crippen molar-refractivity contribution < 1.29 is 9.13 Å². The third-order valence-corrected chi connectivity index (χ3v) is 3.69. The van der Waals surface area contributed by atoms with Gasteiger partial charge in [-0.05, 0) is 36.2 Å². The molecule has 3 rings (SSSR count). The Hall–Kier alpha value is -2.03. The van der Waals surface area contributed by atoms with Gasteiger partial charge in [0, 0.05) is 17.7 Å². The largest absolute Gasteiger partial charge is 0.497 e. The second-order valence-electron chi connectivity index (χ2n) is 4.90. The number of anilines is 1. The highest BCUT2D eigenvalue weighted by atomic mass is 19.1. The van der Waals surface area contributed by atoms with Crippen molar-refractivity contribution in [3.63, 3.8) is 0 Å². The van der Waals surface area contributed by atoms with E-state index in [0.717, 1.165) is 28.1 Å². The molecular formula is C16H16FNO. The van der Waals surface area contributed by atoms with Gasteiger partial charge in [0.2, 0.25) is 0 Å². The Bertz CT molecular complexity index is 593. The lowest BCUT2D eigenvalue weighted by Crippen LogP contribution is -2.06. The molecule has 2 aromatic carbocycles. The fourth-order valence-electron chi connectivity index (χ4n) is 2.63. The molecule has 0 fully saturated rings. The minimum absolute atomic E-state index is 0.112. The molecule has 0 radical (unpaired) electrons. The number of aryl methyl sites for hydroxylation is 1. The average molecular weight is 257 g/mol. The van der Waals surface area contributed by atoms with Crippen molar-refractivity contribution in [3.8, 4) is 5.75 Å². The van der Waals surface area contributed by atoms with Gasteiger partial charge in [-0.3, -0.25) is 0 Å². The zero-order valence-electron chi connectivity index (χ0n) is 11.0. The summed E-state index contributed by atoms with van der Waals surface area (Å²) >= 11 is 0. The Morgan fingerprint density at radius 2 is 2.11 bits per heavy atom. The summed E-state index contributed by atoms with van der Waals surface area (Å²) in [4.78, 5) is 0. The number of fused-ring (bicyclic) bond motifs is 1. The summed E-state index contributed by atoms with van der Waals surface area (Å²) in [7, 11) is 1.65. The van der Waals surface area contributed by atoms with Gasteiger partial charge >= 0.3 is 0 Å². The topological polar surface area (TPSA) is 21.3 Å². The number of methoxy groups -OCH3 is 1. The van der Waals surface area contributed by atoms with Crippen LogP contribution in [0.1, 0.15) is 22.7 Å². The quantitative estimate of drug-likeness (QED) is 0.882. The first kappa shape index (κ1) is 12.0. The molecule has 1 atom stereocenters. The van der Waals surface area contributed by atoms with Crippen molar-refractivity contribution in [3.05, 3.63) is 58.9 Å². The first-order valence-electron chi connectivity index (χ1n) is 6.37. The van der Waals surface area contributed by atoms with E-state index in [1.807, 2.05) is 37.3 Å². The second kappa shape index (κ2) is 4.57. The van der Waals surface area contributed by atoms with Crippen molar-refractivity contribution >= 4 is 5.69 Å². The van der Waals surface area contributed by atoms with Crippen molar-refractivity contribution in [2.24, 2.45) is 0 Å². The maximum absolute atomic E-state index is 13.8. The Kier molecular flexibility index (Phi) is 2.90. The first-order chi connectivity index (χ1) is 9.19. The SMILES string of the molecule is COc1cccc(C2Cc3c(F)ccc(C)c3N2)c1. The molecule has 0 amide bonds. The van der Waals surface area contributed by atoms with Crippen LogP contribution in [0.5, 0.6) is 5.75 Å². The molecule has 1 unspecified atom stereocenters. The highest BCUT2D eigenvalue weighted by molar-refractivity contribution is 5.63. The normalized spacial score (nSPS) is 16.9. The smallest absolute Gasteiger partial charge is 0.128 e. The molecule has 0 aromatic heterocycles. The van der Waals surface area contributed by atoms with E-state index < -0.39 is 0 Å². The van der Waals surface area contributed by atoms with Crippen molar-refractivity contribution in [1.29, 1.82) is 0 Å². The number of hydrogen-bond donors (Lipinski definition) is 1. The number of nitrogens with one attached hydrogen (secondary N) is 1. The zero-order chi connectivity index (χ0) is 13.4. The lowest BCUT2D eigenvalue weighted by molar-refractivity contribution is 0.414. The highest BCUT2D eigenvalue weighted by Crippen LogP contribution is 2.38. The zero-order valence-corrected chi connectivity index (χ0v) is 11.0. The van der Waals surface area contributed by atoms with Crippen LogP contribution in [0.2, 0.25) is 0 Å². The van der Waals surface area contributed by atoms with Crippen molar-refractivity contribution in [2.75, 3.05) is 12.4 Å². The molecule has 0 aliphatic carbocycles. The highest BCUT2D eigenvalue weighted by Gasteiger charge is 2.26. The molecule has 0 bridgehead atoms. The van der Waals surface area contributed by atoms with Crippen LogP contribution in [0.4, 0.5) is 10.1 Å². The van der Waals surface area contributed by atoms with Gasteiger partial charge in [-0.15, -0.1) is 0 Å². The fraction of sp³-hybridized carbons (Fsp3) is 0.250. The van der Waals surface area contributed by atoms with Crippen LogP contribution < -0.4 is 10.1 Å². The molecule has 0 spiro atoms. The molecule has 0 saturated carbocycles. The third kappa shape index (κ3) is 2.05. The molecule has 2 aromatic rings. The minimum atomic E-state index is -0.126. The molecule has 1 heterocycles. The lowest BCUT2D eigenvalue weighted by Gasteiger charge is -2.13. The van der Waals surface area contributed by atoms with Gasteiger partial charge in [-0.1, -0.05) is 18.2 Å². The van der Waals surface area contributed by atoms with Gasteiger partial charge in [0.05, 0.1) is 13.2 Å². The van der Waals surface area contributed by atoms with Crippen LogP contribution in [0.25, 0.3) is 0 Å². The molecule has 1 N–H and O–H groups in total. The van der Waals surface area contributed by atoms with E-state index in [1.165, 1.54) is 0 Å². The first-order valence-corrected chi connectivity index (χ1v) is 6.37. The Morgan fingerprint density at radius 1 is 1.26 bits per heavy atom. The number of halogens is 1. The molecule has 1 aliphatic rings. The van der Waals surface area contributed by atoms with Crippen LogP contribution in [0.3, 0.4) is 0 Å². The van der Waals surface area contributed by atoms with Gasteiger partial charge < -0.3 is 10.1 Å². The summed E-state index contributed by atoms with van der Waals surface area (Å²) in [5, 5.41) is 3.42. The Morgan fingerprint density at radius 3 is 2.84 bits per heavy atom. The Balaban J connectivity index is 1.95. The molecular weight excluding hydrogens is 241 g/mol. The number of ether oxygens (including phenoxy) is 1. The summed E-state index contributed by atoms with van der Waals surface area (Å²) in [5.74, 6) is 0.700. The monoisotopic (exact) mass is 257 g/mol. The standard InChI is InChI=1S/C16H16FNO/c1-10-6-7-14(17)13-9-15(18-16(10)13)11-4-3-5-12(8-11)19-2/h3-8,15,18H,9H2,1-2H3. The summed E-state index contributed by atoms with van der Waals surface area (Å²) in [5.41, 5.74) is 3.93. The summed E-state index contributed by atoms with van der Waals surface area (Å²) < 4.78 is 19.1. The predicted molar refractivity (Wildman–Crippen MR) is 74.2 cm³/mol. The van der Waals surface area contributed by atoms with Gasteiger partial charge in [0.15, 0.2) is 0 Å². The third-order valence-electron chi connectivity index (χ3n) is 3.69. The van der Waals surface area contributed by atoms with Crippen LogP contribution in [0.15, 0.2) is 36.4 Å². The van der Waals surface area contributed by atoms with Crippen LogP contribution in [0, 0.1) is 12.7 Å². The van der Waals surface area contributed by atoms with E-state index in [4.69, 9.17) is 4.74 Å². The van der Waals surface area contributed by atoms with Crippen molar-refractivity contribution in [2.45, 2.75) is 19.4 Å². The number of hydrogen-bond acceptors (Lipinski definition) is 2. The fourth-order valence-corrected chi connectivity index (χ4v) is 2.63. The molecule has 19 heavy (non-hydrogen) atoms. The molecule has 1 aliphatic heterocycles. The summed E-state index contributed by atoms with van der Waals surface area (Å²) in [6, 6.07) is 11.4. The van der Waals surface area contributed by atoms with Gasteiger partial charge in [0.1, 0.15) is 11.6 Å². The molecule has 2 nitrogen and oxygen atoms in total. The van der Waals surface area contributed by atoms with E-state index >= 15 is 0 Å². The van der Waals surface area contributed by atoms with E-state index in [-0.39, 0.29) is 11.9 Å². The maximum atomic E-state index is 13.8. The van der Waals surface area contributed by atoms with Gasteiger partial charge in [0.25, 0.3) is 0 Å². The van der Waals surface area contributed by atoms with E-state index in [2.05, 4.69) is 5.32 Å². The minimum Gasteiger partial charge on any atom is -0.497 e. The van der Waals surface area contributed by atoms with Crippen molar-refractivity contribution in [1.82, 2.24) is 0 Å². The lowest BCUT2D eigenvalue weighted by atomic mass is 10.0. The molecule has 0 saturated heterocycles. The molecule has 3 heteroatoms. The Labute approximate surface area is 112 Å². The van der Waals surface area contributed by atoms with Gasteiger partial charge in [-0.25, -0.2) is 4.39 Å². The summed E-state index contributed by atoms with van der Waals surface area (Å²) in [6.45, 7) is 2.00. The summed E-state index contributed by atoms with van der Waals surface area (Å²) in [6.07, 6.45) is 0.677. The molecule has 98 valence electrons. The maximum Gasteiger partial charge on any atom is 0.128 e. The van der Waals surface area contributed by atoms with Crippen LogP contribution >= 0.6 is 0 Å². The van der Waals surface area contributed by atoms with E-state index in [1.54, 1.807) is 13.2 Å².